The smallest absolute Gasteiger partial charge is 0.309 e. The minimum absolute atomic E-state index is 0.0480. The van der Waals surface area contributed by atoms with E-state index in [0.29, 0.717) is 24.4 Å². The van der Waals surface area contributed by atoms with Gasteiger partial charge in [-0.25, -0.2) is 0 Å². The number of fused-ring (bicyclic) bond motifs is 5. The van der Waals surface area contributed by atoms with E-state index in [0.717, 1.165) is 0 Å². The van der Waals surface area contributed by atoms with Gasteiger partial charge in [-0.2, -0.15) is 0 Å². The summed E-state index contributed by atoms with van der Waals surface area (Å²) in [6.07, 6.45) is 5.65. The molecule has 58 valence electrons. The van der Waals surface area contributed by atoms with E-state index in [4.69, 9.17) is 4.74 Å². The number of carbonyl (C=O) groups excluding carboxylic acids is 1. The van der Waals surface area contributed by atoms with Crippen LogP contribution >= 0.6 is 0 Å². The summed E-state index contributed by atoms with van der Waals surface area (Å²) in [5.74, 6) is 1.96. The molecule has 0 unspecified atom stereocenters. The van der Waals surface area contributed by atoms with Gasteiger partial charge in [0.15, 0.2) is 0 Å². The van der Waals surface area contributed by atoms with Crippen LogP contribution in [0, 0.1) is 23.7 Å². The van der Waals surface area contributed by atoms with Gasteiger partial charge in [0.2, 0.25) is 0 Å². The average Bonchev–Trinajstić information content (AvgIpc) is 2.60. The molecule has 0 N–H and O–H groups in total. The summed E-state index contributed by atoms with van der Waals surface area (Å²) >= 11 is 0. The monoisotopic (exact) mass is 150 g/mol. The summed E-state index contributed by atoms with van der Waals surface area (Å²) in [6.45, 7) is 0.676. The molecule has 4 atom stereocenters. The van der Waals surface area contributed by atoms with Gasteiger partial charge in [-0.3, -0.25) is 4.79 Å². The molecule has 2 heteroatoms. The van der Waals surface area contributed by atoms with Crippen LogP contribution in [0.5, 0.6) is 0 Å². The molecular weight excluding hydrogens is 140 g/mol. The van der Waals surface area contributed by atoms with Gasteiger partial charge in [-0.05, 0) is 18.3 Å². The van der Waals surface area contributed by atoms with Crippen LogP contribution in [0.1, 0.15) is 6.42 Å². The molecule has 0 radical (unpaired) electrons. The predicted octanol–water partition coefficient (Wildman–Crippen LogP) is 0.982. The third kappa shape index (κ3) is 0.561. The van der Waals surface area contributed by atoms with Crippen LogP contribution in [0.3, 0.4) is 0 Å². The van der Waals surface area contributed by atoms with Crippen molar-refractivity contribution in [3.8, 4) is 0 Å². The molecule has 1 aliphatic heterocycles. The fourth-order valence-electron chi connectivity index (χ4n) is 2.78. The molecular formula is C9H10O2. The fraction of sp³-hybridized carbons (Fsp3) is 0.667. The molecule has 0 aromatic heterocycles. The molecule has 0 amide bonds. The Balaban J connectivity index is 2.03. The Morgan fingerprint density at radius 3 is 3.00 bits per heavy atom. The zero-order chi connectivity index (χ0) is 7.42. The van der Waals surface area contributed by atoms with Crippen molar-refractivity contribution in [3.05, 3.63) is 12.2 Å². The SMILES string of the molecule is O=C1OC[C@H]2[C@@H]1[C@H]1C=C[C@H]2C1. The van der Waals surface area contributed by atoms with Gasteiger partial charge in [-0.15, -0.1) is 0 Å². The maximum atomic E-state index is 11.2. The van der Waals surface area contributed by atoms with E-state index in [-0.39, 0.29) is 11.9 Å². The third-order valence-corrected chi connectivity index (χ3v) is 3.31. The molecule has 3 aliphatic rings. The number of hydrogen-bond acceptors (Lipinski definition) is 2. The minimum atomic E-state index is 0.0480. The predicted molar refractivity (Wildman–Crippen MR) is 38.7 cm³/mol. The van der Waals surface area contributed by atoms with E-state index in [1.807, 2.05) is 0 Å². The van der Waals surface area contributed by atoms with Gasteiger partial charge in [0.1, 0.15) is 0 Å². The summed E-state index contributed by atoms with van der Waals surface area (Å²) in [6, 6.07) is 0. The highest BCUT2D eigenvalue weighted by atomic mass is 16.5. The lowest BCUT2D eigenvalue weighted by atomic mass is 9.86. The summed E-state index contributed by atoms with van der Waals surface area (Å²) in [5, 5.41) is 0. The van der Waals surface area contributed by atoms with Crippen molar-refractivity contribution in [2.24, 2.45) is 23.7 Å². The normalized spacial score (nSPS) is 51.5. The van der Waals surface area contributed by atoms with E-state index in [2.05, 4.69) is 12.2 Å². The molecule has 2 fully saturated rings. The van der Waals surface area contributed by atoms with Crippen molar-refractivity contribution >= 4 is 5.97 Å². The van der Waals surface area contributed by atoms with E-state index < -0.39 is 0 Å². The van der Waals surface area contributed by atoms with Crippen LogP contribution in [0.15, 0.2) is 12.2 Å². The molecule has 3 rings (SSSR count). The summed E-state index contributed by atoms with van der Waals surface area (Å²) in [4.78, 5) is 11.2. The van der Waals surface area contributed by atoms with Gasteiger partial charge in [0.05, 0.1) is 12.5 Å². The Bertz CT molecular complexity index is 244. The Hall–Kier alpha value is -0.790. The topological polar surface area (TPSA) is 26.3 Å². The molecule has 0 spiro atoms. The van der Waals surface area contributed by atoms with Crippen LogP contribution in [0.2, 0.25) is 0 Å². The highest BCUT2D eigenvalue weighted by Crippen LogP contribution is 2.50. The van der Waals surface area contributed by atoms with E-state index >= 15 is 0 Å². The molecule has 2 nitrogen and oxygen atoms in total. The first kappa shape index (κ1) is 5.81. The Morgan fingerprint density at radius 2 is 2.18 bits per heavy atom. The number of hydrogen-bond donors (Lipinski definition) is 0. The first-order chi connectivity index (χ1) is 5.36. The lowest BCUT2D eigenvalue weighted by Gasteiger charge is -2.14. The summed E-state index contributed by atoms with van der Waals surface area (Å²) in [5.41, 5.74) is 0. The fourth-order valence-corrected chi connectivity index (χ4v) is 2.78. The molecule has 2 bridgehead atoms. The molecule has 11 heavy (non-hydrogen) atoms. The maximum Gasteiger partial charge on any atom is 0.309 e. The molecule has 1 saturated heterocycles. The van der Waals surface area contributed by atoms with Crippen molar-refractivity contribution in [3.63, 3.8) is 0 Å². The highest BCUT2D eigenvalue weighted by molar-refractivity contribution is 5.76. The van der Waals surface area contributed by atoms with Crippen molar-refractivity contribution < 1.29 is 9.53 Å². The van der Waals surface area contributed by atoms with E-state index in [1.165, 1.54) is 6.42 Å². The first-order valence-corrected chi connectivity index (χ1v) is 4.21. The largest absolute Gasteiger partial charge is 0.465 e. The van der Waals surface area contributed by atoms with Crippen molar-refractivity contribution in [1.29, 1.82) is 0 Å². The summed E-state index contributed by atoms with van der Waals surface area (Å²) in [7, 11) is 0. The van der Waals surface area contributed by atoms with Crippen molar-refractivity contribution in [2.45, 2.75) is 6.42 Å². The minimum Gasteiger partial charge on any atom is -0.465 e. The van der Waals surface area contributed by atoms with Gasteiger partial charge >= 0.3 is 5.97 Å². The Labute approximate surface area is 65.2 Å². The number of cyclic esters (lactones) is 1. The van der Waals surface area contributed by atoms with Gasteiger partial charge < -0.3 is 4.74 Å². The van der Waals surface area contributed by atoms with E-state index in [9.17, 15) is 4.79 Å². The number of esters is 1. The van der Waals surface area contributed by atoms with Crippen LogP contribution in [-0.4, -0.2) is 12.6 Å². The van der Waals surface area contributed by atoms with Gasteiger partial charge in [0.25, 0.3) is 0 Å². The third-order valence-electron chi connectivity index (χ3n) is 3.31. The molecule has 1 saturated carbocycles. The first-order valence-electron chi connectivity index (χ1n) is 4.21. The van der Waals surface area contributed by atoms with Gasteiger partial charge in [0, 0.05) is 5.92 Å². The Kier molecular flexibility index (Phi) is 0.888. The van der Waals surface area contributed by atoms with Crippen molar-refractivity contribution in [1.82, 2.24) is 0 Å². The lowest BCUT2D eigenvalue weighted by molar-refractivity contribution is -0.142. The number of allylic oxidation sites excluding steroid dienone is 2. The zero-order valence-corrected chi connectivity index (χ0v) is 6.19. The molecule has 2 aliphatic carbocycles. The second-order valence-corrected chi connectivity index (χ2v) is 3.77. The quantitative estimate of drug-likeness (QED) is 0.380. The van der Waals surface area contributed by atoms with Crippen molar-refractivity contribution in [2.75, 3.05) is 6.61 Å². The number of rotatable bonds is 0. The maximum absolute atomic E-state index is 11.2. The summed E-state index contributed by atoms with van der Waals surface area (Å²) < 4.78 is 5.02. The van der Waals surface area contributed by atoms with Crippen LogP contribution in [-0.2, 0) is 9.53 Å². The standard InChI is InChI=1S/C9H10O2/c10-9-8-6-2-1-5(3-6)7(8)4-11-9/h1-2,5-8H,3-4H2/t5-,6-,7+,8-/m0/s1. The second kappa shape index (κ2) is 1.68. The van der Waals surface area contributed by atoms with Crippen LogP contribution in [0.25, 0.3) is 0 Å². The number of carbonyl (C=O) groups is 1. The number of ether oxygens (including phenoxy) is 1. The highest BCUT2D eigenvalue weighted by Gasteiger charge is 2.52. The molecule has 1 heterocycles. The van der Waals surface area contributed by atoms with Crippen LogP contribution in [0.4, 0.5) is 0 Å². The zero-order valence-electron chi connectivity index (χ0n) is 6.19. The Morgan fingerprint density at radius 1 is 1.36 bits per heavy atom. The second-order valence-electron chi connectivity index (χ2n) is 3.77. The average molecular weight is 150 g/mol. The van der Waals surface area contributed by atoms with Gasteiger partial charge in [-0.1, -0.05) is 12.2 Å². The molecule has 0 aromatic rings. The lowest BCUT2D eigenvalue weighted by Crippen LogP contribution is -2.19. The van der Waals surface area contributed by atoms with Crippen LogP contribution < -0.4 is 0 Å². The molecule has 0 aromatic carbocycles. The van der Waals surface area contributed by atoms with E-state index in [1.54, 1.807) is 0 Å².